The maximum absolute atomic E-state index is 11.6. The van der Waals surface area contributed by atoms with Crippen molar-refractivity contribution >= 4 is 17.6 Å². The number of amides is 1. The zero-order chi connectivity index (χ0) is 13.5. The molecule has 98 valence electrons. The highest BCUT2D eigenvalue weighted by molar-refractivity contribution is 5.94. The Labute approximate surface area is 106 Å². The van der Waals surface area contributed by atoms with Gasteiger partial charge in [-0.15, -0.1) is 0 Å². The molecule has 1 rings (SSSR count). The fraction of sp³-hybridized carbons (Fsp3) is 0.385. The molecule has 1 aromatic carbocycles. The fourth-order valence-corrected chi connectivity index (χ4v) is 1.39. The van der Waals surface area contributed by atoms with Gasteiger partial charge >= 0.3 is 5.97 Å². The summed E-state index contributed by atoms with van der Waals surface area (Å²) in [4.78, 5) is 22.0. The number of benzene rings is 1. The van der Waals surface area contributed by atoms with Crippen LogP contribution in [0.4, 0.5) is 5.69 Å². The van der Waals surface area contributed by atoms with Crippen molar-refractivity contribution < 1.29 is 14.7 Å². The Morgan fingerprint density at radius 2 is 1.89 bits per heavy atom. The lowest BCUT2D eigenvalue weighted by molar-refractivity contribution is -0.137. The fourth-order valence-electron chi connectivity index (χ4n) is 1.39. The zero-order valence-electron chi connectivity index (χ0n) is 10.6. The lowest BCUT2D eigenvalue weighted by Gasteiger charge is -2.11. The number of carbonyl (C=O) groups excluding carboxylic acids is 1. The average Bonchev–Trinajstić information content (AvgIpc) is 2.36. The molecule has 0 bridgehead atoms. The lowest BCUT2D eigenvalue weighted by atomic mass is 10.1. The summed E-state index contributed by atoms with van der Waals surface area (Å²) >= 11 is 0. The first-order chi connectivity index (χ1) is 8.52. The molecule has 0 spiro atoms. The van der Waals surface area contributed by atoms with Crippen LogP contribution in [0.3, 0.4) is 0 Å². The molecule has 0 radical (unpaired) electrons. The third kappa shape index (κ3) is 4.55. The van der Waals surface area contributed by atoms with E-state index in [9.17, 15) is 9.59 Å². The van der Waals surface area contributed by atoms with Crippen molar-refractivity contribution in [2.24, 2.45) is 0 Å². The van der Waals surface area contributed by atoms with Crippen LogP contribution in [0.1, 0.15) is 18.9 Å². The minimum absolute atomic E-state index is 0.101. The Hall–Kier alpha value is -1.88. The molecule has 0 aromatic heterocycles. The van der Waals surface area contributed by atoms with Crippen LogP contribution < -0.4 is 10.6 Å². The SMILES string of the molecule is CNC(C)C(=O)Nc1ccc(CCC(=O)O)cc1. The average molecular weight is 250 g/mol. The Morgan fingerprint density at radius 1 is 1.28 bits per heavy atom. The van der Waals surface area contributed by atoms with E-state index in [-0.39, 0.29) is 18.4 Å². The number of carboxylic acids is 1. The van der Waals surface area contributed by atoms with E-state index in [4.69, 9.17) is 5.11 Å². The van der Waals surface area contributed by atoms with Crippen LogP contribution in [-0.4, -0.2) is 30.1 Å². The quantitative estimate of drug-likeness (QED) is 0.710. The molecule has 0 aliphatic heterocycles. The van der Waals surface area contributed by atoms with Gasteiger partial charge in [-0.3, -0.25) is 9.59 Å². The normalized spacial score (nSPS) is 11.9. The van der Waals surface area contributed by atoms with Gasteiger partial charge in [-0.25, -0.2) is 0 Å². The van der Waals surface area contributed by atoms with Gasteiger partial charge in [0.15, 0.2) is 0 Å². The maximum atomic E-state index is 11.6. The Bertz CT molecular complexity index is 415. The first-order valence-electron chi connectivity index (χ1n) is 5.82. The molecule has 1 unspecified atom stereocenters. The Balaban J connectivity index is 2.55. The van der Waals surface area contributed by atoms with Gasteiger partial charge in [0, 0.05) is 12.1 Å². The smallest absolute Gasteiger partial charge is 0.303 e. The van der Waals surface area contributed by atoms with E-state index in [0.717, 1.165) is 5.56 Å². The predicted octanol–water partition coefficient (Wildman–Crippen LogP) is 1.25. The first kappa shape index (κ1) is 14.2. The third-order valence-corrected chi connectivity index (χ3v) is 2.68. The largest absolute Gasteiger partial charge is 0.481 e. The highest BCUT2D eigenvalue weighted by Crippen LogP contribution is 2.11. The molecular formula is C13H18N2O3. The summed E-state index contributed by atoms with van der Waals surface area (Å²) in [5.74, 6) is -0.911. The molecular weight excluding hydrogens is 232 g/mol. The molecule has 1 amide bonds. The number of rotatable bonds is 6. The lowest BCUT2D eigenvalue weighted by Crippen LogP contribution is -2.35. The number of hydrogen-bond donors (Lipinski definition) is 3. The first-order valence-corrected chi connectivity index (χ1v) is 5.82. The number of aryl methyl sites for hydroxylation is 1. The summed E-state index contributed by atoms with van der Waals surface area (Å²) in [5.41, 5.74) is 1.65. The van der Waals surface area contributed by atoms with Gasteiger partial charge in [-0.1, -0.05) is 12.1 Å². The van der Waals surface area contributed by atoms with Crippen LogP contribution in [0.15, 0.2) is 24.3 Å². The molecule has 0 saturated heterocycles. The van der Waals surface area contributed by atoms with Crippen molar-refractivity contribution in [1.29, 1.82) is 0 Å². The highest BCUT2D eigenvalue weighted by Gasteiger charge is 2.09. The molecule has 0 aliphatic carbocycles. The van der Waals surface area contributed by atoms with Gasteiger partial charge < -0.3 is 15.7 Å². The second-order valence-electron chi connectivity index (χ2n) is 4.09. The molecule has 1 atom stereocenters. The standard InChI is InChI=1S/C13H18N2O3/c1-9(14-2)13(18)15-11-6-3-10(4-7-11)5-8-12(16)17/h3-4,6-7,9,14H,5,8H2,1-2H3,(H,15,18)(H,16,17). The second kappa shape index (κ2) is 6.76. The molecule has 5 nitrogen and oxygen atoms in total. The van der Waals surface area contributed by atoms with E-state index in [1.54, 1.807) is 26.1 Å². The monoisotopic (exact) mass is 250 g/mol. The van der Waals surface area contributed by atoms with Gasteiger partial charge in [-0.05, 0) is 38.1 Å². The molecule has 18 heavy (non-hydrogen) atoms. The van der Waals surface area contributed by atoms with E-state index in [1.165, 1.54) is 0 Å². The molecule has 0 fully saturated rings. The number of likely N-dealkylation sites (N-methyl/N-ethyl adjacent to an activating group) is 1. The third-order valence-electron chi connectivity index (χ3n) is 2.68. The summed E-state index contributed by atoms with van der Waals surface area (Å²) in [7, 11) is 1.72. The van der Waals surface area contributed by atoms with E-state index in [0.29, 0.717) is 12.1 Å². The van der Waals surface area contributed by atoms with Crippen molar-refractivity contribution in [3.8, 4) is 0 Å². The minimum Gasteiger partial charge on any atom is -0.481 e. The van der Waals surface area contributed by atoms with Crippen LogP contribution in [0.25, 0.3) is 0 Å². The van der Waals surface area contributed by atoms with Gasteiger partial charge in [0.25, 0.3) is 0 Å². The van der Waals surface area contributed by atoms with Gasteiger partial charge in [0.1, 0.15) is 0 Å². The van der Waals surface area contributed by atoms with Crippen LogP contribution in [-0.2, 0) is 16.0 Å². The molecule has 1 aromatic rings. The minimum atomic E-state index is -0.810. The second-order valence-corrected chi connectivity index (χ2v) is 4.09. The molecule has 0 saturated carbocycles. The number of nitrogens with one attached hydrogen (secondary N) is 2. The van der Waals surface area contributed by atoms with E-state index in [2.05, 4.69) is 10.6 Å². The summed E-state index contributed by atoms with van der Waals surface area (Å²) in [6, 6.07) is 6.94. The molecule has 3 N–H and O–H groups in total. The summed E-state index contributed by atoms with van der Waals surface area (Å²) < 4.78 is 0. The summed E-state index contributed by atoms with van der Waals surface area (Å²) in [5, 5.41) is 14.2. The van der Waals surface area contributed by atoms with Crippen molar-refractivity contribution in [2.75, 3.05) is 12.4 Å². The van der Waals surface area contributed by atoms with Crippen LogP contribution in [0.5, 0.6) is 0 Å². The van der Waals surface area contributed by atoms with E-state index >= 15 is 0 Å². The van der Waals surface area contributed by atoms with Gasteiger partial charge in [-0.2, -0.15) is 0 Å². The van der Waals surface area contributed by atoms with E-state index in [1.807, 2.05) is 12.1 Å². The Morgan fingerprint density at radius 3 is 2.39 bits per heavy atom. The topological polar surface area (TPSA) is 78.4 Å². The number of anilines is 1. The highest BCUT2D eigenvalue weighted by atomic mass is 16.4. The van der Waals surface area contributed by atoms with Crippen LogP contribution >= 0.6 is 0 Å². The van der Waals surface area contributed by atoms with Crippen LogP contribution in [0.2, 0.25) is 0 Å². The maximum Gasteiger partial charge on any atom is 0.303 e. The molecule has 0 heterocycles. The van der Waals surface area contributed by atoms with Crippen molar-refractivity contribution in [1.82, 2.24) is 5.32 Å². The van der Waals surface area contributed by atoms with Gasteiger partial charge in [0.2, 0.25) is 5.91 Å². The number of carbonyl (C=O) groups is 2. The predicted molar refractivity (Wildman–Crippen MR) is 69.6 cm³/mol. The zero-order valence-corrected chi connectivity index (χ0v) is 10.6. The van der Waals surface area contributed by atoms with Crippen molar-refractivity contribution in [3.63, 3.8) is 0 Å². The summed E-state index contributed by atoms with van der Waals surface area (Å²) in [6.07, 6.45) is 0.610. The Kier molecular flexibility index (Phi) is 5.32. The number of hydrogen-bond acceptors (Lipinski definition) is 3. The number of aliphatic carboxylic acids is 1. The molecule has 5 heteroatoms. The van der Waals surface area contributed by atoms with Crippen LogP contribution in [0, 0.1) is 0 Å². The van der Waals surface area contributed by atoms with Crippen molar-refractivity contribution in [3.05, 3.63) is 29.8 Å². The van der Waals surface area contributed by atoms with Crippen molar-refractivity contribution in [2.45, 2.75) is 25.8 Å². The molecule has 0 aliphatic rings. The van der Waals surface area contributed by atoms with Gasteiger partial charge in [0.05, 0.1) is 6.04 Å². The van der Waals surface area contributed by atoms with E-state index < -0.39 is 5.97 Å². The number of carboxylic acid groups (broad SMARTS) is 1. The summed E-state index contributed by atoms with van der Waals surface area (Å²) in [6.45, 7) is 1.77.